The third kappa shape index (κ3) is 11.1. The molecule has 0 radical (unpaired) electrons. The fourth-order valence-corrected chi connectivity index (χ4v) is 3.25. The topological polar surface area (TPSA) is 37.3 Å². The first kappa shape index (κ1) is 21.5. The van der Waals surface area contributed by atoms with Gasteiger partial charge in [-0.2, -0.15) is 0 Å². The maximum atomic E-state index is 11.3. The quantitative estimate of drug-likeness (QED) is 0.312. The van der Waals surface area contributed by atoms with E-state index < -0.39 is 11.4 Å². The van der Waals surface area contributed by atoms with E-state index >= 15 is 0 Å². The predicted molar refractivity (Wildman–Crippen MR) is 96.3 cm³/mol. The molecule has 0 rings (SSSR count). The van der Waals surface area contributed by atoms with E-state index in [0.717, 1.165) is 25.7 Å². The molecule has 1 N–H and O–H groups in total. The highest BCUT2D eigenvalue weighted by atomic mass is 16.4. The minimum Gasteiger partial charge on any atom is -0.481 e. The standard InChI is InChI=1S/C20H40O2/c1-4-6-7-8-9-10-11-12-13-14-15-16-18-20(3,17-5-2)19(21)22/h4-18H2,1-3H3,(H,21,22). The average molecular weight is 313 g/mol. The molecule has 0 aliphatic rings. The maximum absolute atomic E-state index is 11.3. The van der Waals surface area contributed by atoms with Crippen LogP contribution in [0.4, 0.5) is 0 Å². The summed E-state index contributed by atoms with van der Waals surface area (Å²) in [6.07, 6.45) is 18.6. The number of carbonyl (C=O) groups is 1. The molecule has 1 atom stereocenters. The van der Waals surface area contributed by atoms with Crippen LogP contribution in [0.1, 0.15) is 117 Å². The summed E-state index contributed by atoms with van der Waals surface area (Å²) in [5, 5.41) is 9.34. The Morgan fingerprint density at radius 2 is 1.09 bits per heavy atom. The summed E-state index contributed by atoms with van der Waals surface area (Å²) in [7, 11) is 0. The van der Waals surface area contributed by atoms with Gasteiger partial charge in [-0.3, -0.25) is 4.79 Å². The Bertz CT molecular complexity index is 262. The van der Waals surface area contributed by atoms with Crippen molar-refractivity contribution in [2.24, 2.45) is 5.41 Å². The maximum Gasteiger partial charge on any atom is 0.309 e. The summed E-state index contributed by atoms with van der Waals surface area (Å²) in [5.74, 6) is -0.613. The van der Waals surface area contributed by atoms with Crippen molar-refractivity contribution in [3.8, 4) is 0 Å². The second-order valence-corrected chi connectivity index (χ2v) is 7.25. The van der Waals surface area contributed by atoms with Gasteiger partial charge in [0.15, 0.2) is 0 Å². The first-order chi connectivity index (χ1) is 10.6. The number of aliphatic carboxylic acids is 1. The van der Waals surface area contributed by atoms with Gasteiger partial charge in [-0.1, -0.05) is 97.3 Å². The van der Waals surface area contributed by atoms with Crippen LogP contribution in [0.2, 0.25) is 0 Å². The van der Waals surface area contributed by atoms with Crippen LogP contribution in [-0.2, 0) is 4.79 Å². The van der Waals surface area contributed by atoms with Crippen molar-refractivity contribution in [2.75, 3.05) is 0 Å². The van der Waals surface area contributed by atoms with Gasteiger partial charge < -0.3 is 5.11 Å². The number of carboxylic acids is 1. The molecule has 0 saturated heterocycles. The Morgan fingerprint density at radius 1 is 0.682 bits per heavy atom. The zero-order valence-electron chi connectivity index (χ0n) is 15.5. The van der Waals surface area contributed by atoms with E-state index in [-0.39, 0.29) is 0 Å². The van der Waals surface area contributed by atoms with Crippen molar-refractivity contribution < 1.29 is 9.90 Å². The number of unbranched alkanes of at least 4 members (excludes halogenated alkanes) is 11. The molecule has 1 unspecified atom stereocenters. The lowest BCUT2D eigenvalue weighted by Crippen LogP contribution is -2.27. The largest absolute Gasteiger partial charge is 0.481 e. The third-order valence-corrected chi connectivity index (χ3v) is 4.90. The van der Waals surface area contributed by atoms with E-state index in [0.29, 0.717) is 0 Å². The van der Waals surface area contributed by atoms with Gasteiger partial charge in [-0.05, 0) is 19.8 Å². The SMILES string of the molecule is CCCCCCCCCCCCCCC(C)(CCC)C(=O)O. The molecule has 0 aromatic rings. The Labute approximate surface area is 139 Å². The summed E-state index contributed by atoms with van der Waals surface area (Å²) in [5.41, 5.74) is -0.493. The van der Waals surface area contributed by atoms with Crippen LogP contribution in [0.5, 0.6) is 0 Å². The van der Waals surface area contributed by atoms with Crippen LogP contribution in [0.3, 0.4) is 0 Å². The number of hydrogen-bond donors (Lipinski definition) is 1. The van der Waals surface area contributed by atoms with Crippen molar-refractivity contribution in [2.45, 2.75) is 117 Å². The van der Waals surface area contributed by atoms with Gasteiger partial charge in [0.1, 0.15) is 0 Å². The molecular formula is C20H40O2. The summed E-state index contributed by atoms with van der Waals surface area (Å²) in [6, 6.07) is 0. The van der Waals surface area contributed by atoms with Gasteiger partial charge in [0.2, 0.25) is 0 Å². The van der Waals surface area contributed by atoms with Crippen molar-refractivity contribution in [3.05, 3.63) is 0 Å². The molecule has 0 aromatic heterocycles. The Hall–Kier alpha value is -0.530. The highest BCUT2D eigenvalue weighted by Crippen LogP contribution is 2.30. The predicted octanol–water partition coefficient (Wildman–Crippen LogP) is 6.97. The first-order valence-corrected chi connectivity index (χ1v) is 9.80. The van der Waals surface area contributed by atoms with E-state index in [2.05, 4.69) is 13.8 Å². The Morgan fingerprint density at radius 3 is 1.45 bits per heavy atom. The van der Waals surface area contributed by atoms with Crippen molar-refractivity contribution >= 4 is 5.97 Å². The van der Waals surface area contributed by atoms with Crippen molar-refractivity contribution in [3.63, 3.8) is 0 Å². The fraction of sp³-hybridized carbons (Fsp3) is 0.950. The van der Waals surface area contributed by atoms with Gasteiger partial charge in [-0.25, -0.2) is 0 Å². The molecule has 0 fully saturated rings. The van der Waals surface area contributed by atoms with E-state index in [4.69, 9.17) is 0 Å². The molecule has 0 aliphatic heterocycles. The van der Waals surface area contributed by atoms with Gasteiger partial charge in [-0.15, -0.1) is 0 Å². The van der Waals surface area contributed by atoms with E-state index in [1.54, 1.807) is 0 Å². The van der Waals surface area contributed by atoms with E-state index in [9.17, 15) is 9.90 Å². The molecule has 2 heteroatoms. The lowest BCUT2D eigenvalue weighted by Gasteiger charge is -2.24. The van der Waals surface area contributed by atoms with Gasteiger partial charge in [0.05, 0.1) is 5.41 Å². The normalized spacial score (nSPS) is 14.0. The highest BCUT2D eigenvalue weighted by molar-refractivity contribution is 5.73. The third-order valence-electron chi connectivity index (χ3n) is 4.90. The molecule has 0 aliphatic carbocycles. The van der Waals surface area contributed by atoms with E-state index in [1.807, 2.05) is 6.92 Å². The molecule has 0 amide bonds. The molecule has 0 aromatic carbocycles. The number of carboxylic acid groups (broad SMARTS) is 1. The fourth-order valence-electron chi connectivity index (χ4n) is 3.25. The number of hydrogen-bond acceptors (Lipinski definition) is 1. The van der Waals surface area contributed by atoms with Crippen LogP contribution in [0.25, 0.3) is 0 Å². The van der Waals surface area contributed by atoms with Crippen LogP contribution in [0, 0.1) is 5.41 Å². The molecule has 0 heterocycles. The Balaban J connectivity index is 3.41. The summed E-state index contributed by atoms with van der Waals surface area (Å²) in [6.45, 7) is 6.25. The second kappa shape index (κ2) is 14.1. The van der Waals surface area contributed by atoms with Gasteiger partial charge >= 0.3 is 5.97 Å². The lowest BCUT2D eigenvalue weighted by molar-refractivity contribution is -0.148. The molecule has 2 nitrogen and oxygen atoms in total. The molecule has 132 valence electrons. The van der Waals surface area contributed by atoms with Crippen LogP contribution in [0.15, 0.2) is 0 Å². The smallest absolute Gasteiger partial charge is 0.309 e. The minimum absolute atomic E-state index is 0.493. The molecular weight excluding hydrogens is 272 g/mol. The van der Waals surface area contributed by atoms with Gasteiger partial charge in [0.25, 0.3) is 0 Å². The zero-order chi connectivity index (χ0) is 16.7. The summed E-state index contributed by atoms with van der Waals surface area (Å²) < 4.78 is 0. The minimum atomic E-state index is -0.613. The summed E-state index contributed by atoms with van der Waals surface area (Å²) >= 11 is 0. The Kier molecular flexibility index (Phi) is 13.7. The van der Waals surface area contributed by atoms with Crippen molar-refractivity contribution in [1.29, 1.82) is 0 Å². The lowest BCUT2D eigenvalue weighted by atomic mass is 9.80. The molecule has 0 bridgehead atoms. The number of rotatable bonds is 16. The second-order valence-electron chi connectivity index (χ2n) is 7.25. The van der Waals surface area contributed by atoms with Gasteiger partial charge in [0, 0.05) is 0 Å². The molecule has 0 saturated carbocycles. The highest BCUT2D eigenvalue weighted by Gasteiger charge is 2.31. The van der Waals surface area contributed by atoms with Crippen LogP contribution in [-0.4, -0.2) is 11.1 Å². The average Bonchev–Trinajstić information content (AvgIpc) is 2.48. The van der Waals surface area contributed by atoms with E-state index in [1.165, 1.54) is 70.6 Å². The monoisotopic (exact) mass is 312 g/mol. The molecule has 22 heavy (non-hydrogen) atoms. The first-order valence-electron chi connectivity index (χ1n) is 9.80. The van der Waals surface area contributed by atoms with Crippen molar-refractivity contribution in [1.82, 2.24) is 0 Å². The molecule has 0 spiro atoms. The van der Waals surface area contributed by atoms with Crippen LogP contribution < -0.4 is 0 Å². The summed E-state index contributed by atoms with van der Waals surface area (Å²) in [4.78, 5) is 11.3. The zero-order valence-corrected chi connectivity index (χ0v) is 15.5. The van der Waals surface area contributed by atoms with Crippen LogP contribution >= 0.6 is 0 Å².